The van der Waals surface area contributed by atoms with Gasteiger partial charge in [0, 0.05) is 17.0 Å². The van der Waals surface area contributed by atoms with Crippen molar-refractivity contribution in [3.05, 3.63) is 105 Å². The molecule has 0 saturated heterocycles. The van der Waals surface area contributed by atoms with Crippen molar-refractivity contribution in [3.63, 3.8) is 0 Å². The Labute approximate surface area is 240 Å². The second-order valence-corrected chi connectivity index (χ2v) is 10.2. The second-order valence-electron chi connectivity index (χ2n) is 9.29. The summed E-state index contributed by atoms with van der Waals surface area (Å²) in [7, 11) is 0. The van der Waals surface area contributed by atoms with Crippen LogP contribution >= 0.6 is 11.3 Å². The number of amides is 1. The van der Waals surface area contributed by atoms with E-state index in [1.165, 1.54) is 23.7 Å². The van der Waals surface area contributed by atoms with Gasteiger partial charge in [-0.1, -0.05) is 36.4 Å². The van der Waals surface area contributed by atoms with Crippen LogP contribution < -0.4 is 20.2 Å². The highest BCUT2D eigenvalue weighted by molar-refractivity contribution is 7.15. The predicted octanol–water partition coefficient (Wildman–Crippen LogP) is 7.12. The van der Waals surface area contributed by atoms with Gasteiger partial charge in [-0.3, -0.25) is 9.59 Å². The van der Waals surface area contributed by atoms with Crippen molar-refractivity contribution in [3.8, 4) is 28.4 Å². The Morgan fingerprint density at radius 3 is 2.44 bits per heavy atom. The van der Waals surface area contributed by atoms with E-state index in [4.69, 9.17) is 18.6 Å². The molecule has 5 aromatic rings. The highest BCUT2D eigenvalue weighted by Crippen LogP contribution is 2.36. The monoisotopic (exact) mass is 569 g/mol. The number of carbonyl (C=O) groups is 2. The molecular formula is C32H27NO7S. The fourth-order valence-corrected chi connectivity index (χ4v) is 5.34. The molecule has 2 heterocycles. The third-order valence-electron chi connectivity index (χ3n) is 6.12. The fraction of sp³-hybridized carbons (Fsp3) is 0.156. The van der Waals surface area contributed by atoms with Gasteiger partial charge in [0.15, 0.2) is 6.61 Å². The molecule has 8 nitrogen and oxygen atoms in total. The number of carbonyl (C=O) groups excluding carboxylic acids is 2. The summed E-state index contributed by atoms with van der Waals surface area (Å²) in [6.07, 6.45) is 1.26. The van der Waals surface area contributed by atoms with Gasteiger partial charge >= 0.3 is 5.97 Å². The topological polar surface area (TPSA) is 104 Å². The molecule has 0 spiro atoms. The van der Waals surface area contributed by atoms with Gasteiger partial charge < -0.3 is 23.9 Å². The average molecular weight is 570 g/mol. The lowest BCUT2D eigenvalue weighted by Gasteiger charge is -2.10. The van der Waals surface area contributed by atoms with Crippen LogP contribution in [0.15, 0.2) is 87.6 Å². The molecule has 208 valence electrons. The highest BCUT2D eigenvalue weighted by atomic mass is 32.1. The quantitative estimate of drug-likeness (QED) is 0.188. The molecule has 0 atom stereocenters. The summed E-state index contributed by atoms with van der Waals surface area (Å²) in [6.45, 7) is 5.50. The number of fused-ring (bicyclic) bond motifs is 1. The van der Waals surface area contributed by atoms with Crippen molar-refractivity contribution in [2.45, 2.75) is 20.8 Å². The Kier molecular flexibility index (Phi) is 8.16. The molecule has 0 aliphatic heterocycles. The Morgan fingerprint density at radius 2 is 1.71 bits per heavy atom. The summed E-state index contributed by atoms with van der Waals surface area (Å²) in [5.74, 6) is -0.0304. The first kappa shape index (κ1) is 27.7. The third kappa shape index (κ3) is 6.31. The third-order valence-corrected chi connectivity index (χ3v) is 7.01. The Bertz CT molecular complexity index is 1770. The first-order valence-electron chi connectivity index (χ1n) is 12.9. The number of anilines is 1. The number of nitrogens with one attached hydrogen (secondary N) is 1. The Morgan fingerprint density at radius 1 is 0.951 bits per heavy atom. The number of ether oxygens (including phenoxy) is 3. The van der Waals surface area contributed by atoms with E-state index in [0.29, 0.717) is 33.0 Å². The summed E-state index contributed by atoms with van der Waals surface area (Å²) in [4.78, 5) is 38.5. The summed E-state index contributed by atoms with van der Waals surface area (Å²) in [5.41, 5.74) is 3.80. The van der Waals surface area contributed by atoms with Crippen LogP contribution in [0.5, 0.6) is 17.2 Å². The van der Waals surface area contributed by atoms with Crippen LogP contribution in [-0.2, 0) is 9.53 Å². The van der Waals surface area contributed by atoms with Gasteiger partial charge in [0.2, 0.25) is 11.2 Å². The fourth-order valence-electron chi connectivity index (χ4n) is 4.37. The maximum atomic E-state index is 13.0. The summed E-state index contributed by atoms with van der Waals surface area (Å²) in [5, 5.41) is 5.25. The van der Waals surface area contributed by atoms with Gasteiger partial charge in [0.05, 0.1) is 12.0 Å². The molecule has 1 amide bonds. The van der Waals surface area contributed by atoms with Crippen molar-refractivity contribution in [2.24, 2.45) is 0 Å². The van der Waals surface area contributed by atoms with Crippen molar-refractivity contribution in [1.82, 2.24) is 0 Å². The standard InChI is InChI=1S/C32H27NO7S/c1-4-37-32(36)29-25(21-8-6-5-7-9-21)18-41-31(29)33-28(34)17-38-22-10-11-24-26(15-22)39-16-27(30(24)35)40-23-13-19(2)12-20(3)14-23/h5-16,18H,4,17H2,1-3H3,(H,33,34). The number of esters is 1. The van der Waals surface area contributed by atoms with Gasteiger partial charge in [0.1, 0.15) is 33.9 Å². The van der Waals surface area contributed by atoms with E-state index in [1.807, 2.05) is 67.8 Å². The molecule has 3 aromatic carbocycles. The van der Waals surface area contributed by atoms with E-state index in [9.17, 15) is 14.4 Å². The SMILES string of the molecule is CCOC(=O)c1c(-c2ccccc2)csc1NC(=O)COc1ccc2c(=O)c(Oc3cc(C)cc(C)c3)coc2c1. The van der Waals surface area contributed by atoms with Crippen LogP contribution in [0.2, 0.25) is 0 Å². The van der Waals surface area contributed by atoms with Gasteiger partial charge in [-0.25, -0.2) is 4.79 Å². The van der Waals surface area contributed by atoms with Gasteiger partial charge in [-0.15, -0.1) is 11.3 Å². The van der Waals surface area contributed by atoms with Crippen molar-refractivity contribution >= 4 is 39.2 Å². The Balaban J connectivity index is 1.29. The van der Waals surface area contributed by atoms with E-state index >= 15 is 0 Å². The average Bonchev–Trinajstić information content (AvgIpc) is 3.37. The first-order valence-corrected chi connectivity index (χ1v) is 13.8. The van der Waals surface area contributed by atoms with E-state index in [-0.39, 0.29) is 30.0 Å². The van der Waals surface area contributed by atoms with Crippen LogP contribution in [0, 0.1) is 13.8 Å². The molecule has 0 unspecified atom stereocenters. The zero-order valence-corrected chi connectivity index (χ0v) is 23.5. The molecule has 41 heavy (non-hydrogen) atoms. The normalized spacial score (nSPS) is 10.8. The van der Waals surface area contributed by atoms with Gasteiger partial charge in [-0.2, -0.15) is 0 Å². The second kappa shape index (κ2) is 12.1. The minimum absolute atomic E-state index is 0.0683. The van der Waals surface area contributed by atoms with Crippen LogP contribution in [0.3, 0.4) is 0 Å². The number of thiophene rings is 1. The van der Waals surface area contributed by atoms with E-state index in [0.717, 1.165) is 16.7 Å². The maximum Gasteiger partial charge on any atom is 0.341 e. The van der Waals surface area contributed by atoms with Gasteiger partial charge in [0.25, 0.3) is 5.91 Å². The van der Waals surface area contributed by atoms with Crippen molar-refractivity contribution in [2.75, 3.05) is 18.5 Å². The molecule has 2 aromatic heterocycles. The zero-order chi connectivity index (χ0) is 28.9. The number of benzene rings is 3. The smallest absolute Gasteiger partial charge is 0.341 e. The van der Waals surface area contributed by atoms with Crippen LogP contribution in [0.25, 0.3) is 22.1 Å². The Hall–Kier alpha value is -4.89. The molecule has 0 aliphatic rings. The largest absolute Gasteiger partial charge is 0.484 e. The van der Waals surface area contributed by atoms with E-state index < -0.39 is 11.9 Å². The number of aryl methyl sites for hydroxylation is 2. The van der Waals surface area contributed by atoms with Gasteiger partial charge in [-0.05, 0) is 61.7 Å². The molecule has 0 aliphatic carbocycles. The lowest BCUT2D eigenvalue weighted by molar-refractivity contribution is -0.118. The molecule has 0 saturated carbocycles. The lowest BCUT2D eigenvalue weighted by Crippen LogP contribution is -2.21. The molecule has 9 heteroatoms. The first-order chi connectivity index (χ1) is 19.8. The number of hydrogen-bond donors (Lipinski definition) is 1. The summed E-state index contributed by atoms with van der Waals surface area (Å²) < 4.78 is 22.4. The lowest BCUT2D eigenvalue weighted by atomic mass is 10.0. The molecule has 1 N–H and O–H groups in total. The number of rotatable bonds is 9. The minimum Gasteiger partial charge on any atom is -0.484 e. The summed E-state index contributed by atoms with van der Waals surface area (Å²) in [6, 6.07) is 19.8. The molecule has 5 rings (SSSR count). The molecule has 0 radical (unpaired) electrons. The number of hydrogen-bond acceptors (Lipinski definition) is 8. The molecule has 0 bridgehead atoms. The van der Waals surface area contributed by atoms with Crippen molar-refractivity contribution in [1.29, 1.82) is 0 Å². The van der Waals surface area contributed by atoms with Crippen molar-refractivity contribution < 1.29 is 28.2 Å². The van der Waals surface area contributed by atoms with Crippen LogP contribution in [0.4, 0.5) is 5.00 Å². The van der Waals surface area contributed by atoms with Crippen LogP contribution in [-0.4, -0.2) is 25.1 Å². The summed E-state index contributed by atoms with van der Waals surface area (Å²) >= 11 is 1.23. The van der Waals surface area contributed by atoms with Crippen LogP contribution in [0.1, 0.15) is 28.4 Å². The van der Waals surface area contributed by atoms with E-state index in [2.05, 4.69) is 5.32 Å². The molecular weight excluding hydrogens is 542 g/mol. The zero-order valence-electron chi connectivity index (χ0n) is 22.7. The minimum atomic E-state index is -0.519. The van der Waals surface area contributed by atoms with E-state index in [1.54, 1.807) is 19.1 Å². The highest BCUT2D eigenvalue weighted by Gasteiger charge is 2.23. The molecule has 0 fully saturated rings. The predicted molar refractivity (Wildman–Crippen MR) is 158 cm³/mol. The maximum absolute atomic E-state index is 13.0.